The maximum absolute atomic E-state index is 13.5. The number of aryl methyl sites for hydroxylation is 2. The van der Waals surface area contributed by atoms with Gasteiger partial charge in [-0.25, -0.2) is 4.39 Å². The number of amides is 2. The lowest BCUT2D eigenvalue weighted by molar-refractivity contribution is -0.274. The fraction of sp³-hybridized carbons (Fsp3) is 0.259. The Bertz CT molecular complexity index is 1820. The van der Waals surface area contributed by atoms with Crippen LogP contribution in [0.4, 0.5) is 17.6 Å². The molecule has 204 valence electrons. The molecule has 0 unspecified atom stereocenters. The molecule has 9 nitrogen and oxygen atoms in total. The highest BCUT2D eigenvalue weighted by molar-refractivity contribution is 6.04. The molecule has 0 fully saturated rings. The first kappa shape index (κ1) is 26.6. The molecule has 0 saturated carbocycles. The molecule has 2 amide bonds. The van der Waals surface area contributed by atoms with E-state index >= 15 is 0 Å². The highest BCUT2D eigenvalue weighted by Gasteiger charge is 2.34. The summed E-state index contributed by atoms with van der Waals surface area (Å²) in [6, 6.07) is 8.89. The van der Waals surface area contributed by atoms with Gasteiger partial charge in [0.15, 0.2) is 5.75 Å². The molecule has 2 aromatic heterocycles. The van der Waals surface area contributed by atoms with E-state index in [1.54, 1.807) is 19.9 Å². The lowest BCUT2D eigenvalue weighted by atomic mass is 10.1. The van der Waals surface area contributed by atoms with Crippen LogP contribution in [0.3, 0.4) is 0 Å². The SMILES string of the molecule is Cc1c2n(c3c(C#N)cc(F)cc13)CCNC2=O.Cc1c2n(c3c(OC(F)(F)F)cc(C#N)cc13)CCNC2=O. The van der Waals surface area contributed by atoms with Crippen LogP contribution in [0.1, 0.15) is 43.2 Å². The van der Waals surface area contributed by atoms with Gasteiger partial charge in [0.25, 0.3) is 11.8 Å². The molecule has 40 heavy (non-hydrogen) atoms. The predicted molar refractivity (Wildman–Crippen MR) is 134 cm³/mol. The Morgan fingerprint density at radius 3 is 1.93 bits per heavy atom. The van der Waals surface area contributed by atoms with Crippen molar-refractivity contribution in [3.8, 4) is 17.9 Å². The smallest absolute Gasteiger partial charge is 0.403 e. The Balaban J connectivity index is 0.000000164. The Kier molecular flexibility index (Phi) is 6.38. The molecule has 6 rings (SSSR count). The Hall–Kier alpha value is -5.04. The number of benzene rings is 2. The van der Waals surface area contributed by atoms with Crippen LogP contribution in [-0.2, 0) is 13.1 Å². The van der Waals surface area contributed by atoms with Crippen molar-refractivity contribution in [2.75, 3.05) is 13.1 Å². The van der Waals surface area contributed by atoms with Crippen LogP contribution >= 0.6 is 0 Å². The summed E-state index contributed by atoms with van der Waals surface area (Å²) in [5.74, 6) is -1.44. The zero-order chi connectivity index (χ0) is 28.9. The zero-order valence-corrected chi connectivity index (χ0v) is 21.2. The van der Waals surface area contributed by atoms with E-state index in [1.807, 2.05) is 10.6 Å². The number of fused-ring (bicyclic) bond motifs is 6. The number of carbonyl (C=O) groups excluding carboxylic acids is 2. The van der Waals surface area contributed by atoms with Crippen LogP contribution in [0, 0.1) is 42.3 Å². The first-order chi connectivity index (χ1) is 18.9. The molecule has 2 aliphatic heterocycles. The first-order valence-corrected chi connectivity index (χ1v) is 12.1. The van der Waals surface area contributed by atoms with Gasteiger partial charge in [-0.15, -0.1) is 13.2 Å². The van der Waals surface area contributed by atoms with E-state index in [9.17, 15) is 27.2 Å². The fourth-order valence-corrected chi connectivity index (χ4v) is 5.35. The van der Waals surface area contributed by atoms with Crippen LogP contribution in [-0.4, -0.2) is 40.4 Å². The van der Waals surface area contributed by atoms with Crippen molar-refractivity contribution in [3.05, 3.63) is 63.7 Å². The number of nitriles is 2. The van der Waals surface area contributed by atoms with Gasteiger partial charge in [0.2, 0.25) is 0 Å². The largest absolute Gasteiger partial charge is 0.573 e. The van der Waals surface area contributed by atoms with Crippen molar-refractivity contribution in [3.63, 3.8) is 0 Å². The van der Waals surface area contributed by atoms with Gasteiger partial charge in [-0.1, -0.05) is 0 Å². The van der Waals surface area contributed by atoms with Gasteiger partial charge in [0.05, 0.1) is 28.2 Å². The molecule has 0 radical (unpaired) electrons. The topological polar surface area (TPSA) is 125 Å². The van der Waals surface area contributed by atoms with Crippen molar-refractivity contribution in [2.24, 2.45) is 0 Å². The highest BCUT2D eigenvalue weighted by atomic mass is 19.4. The molecule has 2 aromatic carbocycles. The number of ether oxygens (including phenoxy) is 1. The summed E-state index contributed by atoms with van der Waals surface area (Å²) in [5, 5.41) is 24.5. The summed E-state index contributed by atoms with van der Waals surface area (Å²) < 4.78 is 58.7. The summed E-state index contributed by atoms with van der Waals surface area (Å²) in [4.78, 5) is 23.8. The van der Waals surface area contributed by atoms with Crippen molar-refractivity contribution in [1.82, 2.24) is 19.8 Å². The Labute approximate surface area is 224 Å². The summed E-state index contributed by atoms with van der Waals surface area (Å²) in [7, 11) is 0. The number of alkyl halides is 3. The van der Waals surface area contributed by atoms with Crippen molar-refractivity contribution in [2.45, 2.75) is 33.3 Å². The number of nitrogens with zero attached hydrogens (tertiary/aromatic N) is 4. The van der Waals surface area contributed by atoms with E-state index in [-0.39, 0.29) is 28.5 Å². The Morgan fingerprint density at radius 2 is 1.40 bits per heavy atom. The second-order valence-corrected chi connectivity index (χ2v) is 9.25. The maximum atomic E-state index is 13.5. The summed E-state index contributed by atoms with van der Waals surface area (Å²) in [5.41, 5.74) is 3.21. The molecular formula is C27H20F4N6O3. The Morgan fingerprint density at radius 1 is 0.850 bits per heavy atom. The van der Waals surface area contributed by atoms with Crippen molar-refractivity contribution >= 4 is 33.6 Å². The number of halogens is 4. The van der Waals surface area contributed by atoms with Gasteiger partial charge >= 0.3 is 6.36 Å². The third-order valence-electron chi connectivity index (χ3n) is 6.90. The minimum Gasteiger partial charge on any atom is -0.403 e. The van der Waals surface area contributed by atoms with E-state index in [1.165, 1.54) is 22.8 Å². The van der Waals surface area contributed by atoms with E-state index in [0.29, 0.717) is 59.4 Å². The van der Waals surface area contributed by atoms with Crippen LogP contribution in [0.15, 0.2) is 24.3 Å². The number of hydrogen-bond acceptors (Lipinski definition) is 5. The molecule has 4 aromatic rings. The zero-order valence-electron chi connectivity index (χ0n) is 21.2. The van der Waals surface area contributed by atoms with Gasteiger partial charge in [-0.3, -0.25) is 9.59 Å². The van der Waals surface area contributed by atoms with E-state index < -0.39 is 17.9 Å². The van der Waals surface area contributed by atoms with Crippen LogP contribution < -0.4 is 15.4 Å². The number of hydrogen-bond donors (Lipinski definition) is 2. The van der Waals surface area contributed by atoms with Crippen molar-refractivity contribution < 1.29 is 31.9 Å². The highest BCUT2D eigenvalue weighted by Crippen LogP contribution is 2.37. The third kappa shape index (κ3) is 4.35. The number of aromatic nitrogens is 2. The fourth-order valence-electron chi connectivity index (χ4n) is 5.35. The standard InChI is InChI=1S/C14H10F3N3O2.C13H10FN3O/c1-7-9-4-8(6-18)5-10(22-14(15,16)17)12(9)20-3-2-19-13(21)11(7)20;1-7-10-5-9(14)4-8(6-15)12(10)17-3-2-16-13(18)11(7)17/h4-5H,2-3H2,1H3,(H,19,21);4-5H,2-3H2,1H3,(H,16,18). The molecule has 0 spiro atoms. The lowest BCUT2D eigenvalue weighted by Gasteiger charge is -2.18. The van der Waals surface area contributed by atoms with Crippen LogP contribution in [0.5, 0.6) is 5.75 Å². The number of rotatable bonds is 1. The second-order valence-electron chi connectivity index (χ2n) is 9.25. The molecule has 0 atom stereocenters. The van der Waals surface area contributed by atoms with Crippen LogP contribution in [0.2, 0.25) is 0 Å². The van der Waals surface area contributed by atoms with Gasteiger partial charge in [0, 0.05) is 43.0 Å². The van der Waals surface area contributed by atoms with E-state index in [0.717, 1.165) is 11.6 Å². The van der Waals surface area contributed by atoms with E-state index in [4.69, 9.17) is 10.5 Å². The van der Waals surface area contributed by atoms with E-state index in [2.05, 4.69) is 15.4 Å². The van der Waals surface area contributed by atoms with Crippen molar-refractivity contribution in [1.29, 1.82) is 10.5 Å². The summed E-state index contributed by atoms with van der Waals surface area (Å²) in [6.45, 7) is 5.20. The molecule has 13 heteroatoms. The third-order valence-corrected chi connectivity index (χ3v) is 6.90. The lowest BCUT2D eigenvalue weighted by Crippen LogP contribution is -2.35. The molecule has 0 aliphatic carbocycles. The van der Waals surface area contributed by atoms with Gasteiger partial charge in [-0.05, 0) is 43.2 Å². The molecule has 2 aliphatic rings. The maximum Gasteiger partial charge on any atom is 0.573 e. The average Bonchev–Trinajstić information content (AvgIpc) is 3.36. The summed E-state index contributed by atoms with van der Waals surface area (Å²) >= 11 is 0. The second kappa shape index (κ2) is 9.61. The van der Waals surface area contributed by atoms with Gasteiger partial charge in [-0.2, -0.15) is 10.5 Å². The molecule has 2 N–H and O–H groups in total. The summed E-state index contributed by atoms with van der Waals surface area (Å²) in [6.07, 6.45) is -4.88. The predicted octanol–water partition coefficient (Wildman–Crippen LogP) is 4.17. The monoisotopic (exact) mass is 552 g/mol. The molecule has 0 bridgehead atoms. The number of carbonyl (C=O) groups is 2. The molecular weight excluding hydrogens is 532 g/mol. The van der Waals surface area contributed by atoms with Crippen LogP contribution in [0.25, 0.3) is 21.8 Å². The quantitative estimate of drug-likeness (QED) is 0.343. The normalized spacial score (nSPS) is 14.3. The molecule has 4 heterocycles. The van der Waals surface area contributed by atoms with Gasteiger partial charge < -0.3 is 24.5 Å². The number of nitrogens with one attached hydrogen (secondary N) is 2. The average molecular weight is 552 g/mol. The molecule has 0 saturated heterocycles. The minimum absolute atomic E-state index is 0.0400. The minimum atomic E-state index is -4.88. The van der Waals surface area contributed by atoms with Gasteiger partial charge in [0.1, 0.15) is 23.3 Å². The first-order valence-electron chi connectivity index (χ1n) is 12.1.